The standard InChI is InChI=1S/C24H32BrN3O4S/c1-23(2,3)27-21(31)19-24-11-15(25)18(33-24)16(20(30)26-4)17(24)22(32)28(19)14(12-29)10-13-8-6-5-7-9-13/h5-9,14-19,29H,10-12H2,1-4H3,(H,26,30)(H,27,31)/t14-,15?,16-,17+,18-,19?,24?/m1/s1. The molecule has 9 heteroatoms. The van der Waals surface area contributed by atoms with Crippen LogP contribution in [0.2, 0.25) is 0 Å². The van der Waals surface area contributed by atoms with Crippen LogP contribution in [-0.4, -0.2) is 73.8 Å². The molecule has 1 spiro atoms. The Labute approximate surface area is 207 Å². The summed E-state index contributed by atoms with van der Waals surface area (Å²) < 4.78 is -0.716. The van der Waals surface area contributed by atoms with Gasteiger partial charge in [0, 0.05) is 22.7 Å². The van der Waals surface area contributed by atoms with Crippen LogP contribution >= 0.6 is 27.7 Å². The highest BCUT2D eigenvalue weighted by molar-refractivity contribution is 9.09. The maximum Gasteiger partial charge on any atom is 0.244 e. The number of fused-ring (bicyclic) bond motifs is 1. The summed E-state index contributed by atoms with van der Waals surface area (Å²) in [5.41, 5.74) is 0.497. The van der Waals surface area contributed by atoms with Gasteiger partial charge in [-0.05, 0) is 39.2 Å². The number of hydrogen-bond donors (Lipinski definition) is 3. The number of thioether (sulfide) groups is 1. The number of rotatable bonds is 6. The third-order valence-corrected chi connectivity index (χ3v) is 10.2. The summed E-state index contributed by atoms with van der Waals surface area (Å²) in [7, 11) is 1.59. The number of carbonyl (C=O) groups is 3. The smallest absolute Gasteiger partial charge is 0.244 e. The number of nitrogens with one attached hydrogen (secondary N) is 2. The molecule has 1 aromatic carbocycles. The van der Waals surface area contributed by atoms with Gasteiger partial charge < -0.3 is 20.6 Å². The van der Waals surface area contributed by atoms with Crippen molar-refractivity contribution < 1.29 is 19.5 Å². The molecule has 7 atom stereocenters. The van der Waals surface area contributed by atoms with Gasteiger partial charge in [-0.15, -0.1) is 11.8 Å². The number of halogens is 1. The van der Waals surface area contributed by atoms with Gasteiger partial charge in [0.25, 0.3) is 0 Å². The van der Waals surface area contributed by atoms with Crippen molar-refractivity contribution in [3.05, 3.63) is 35.9 Å². The van der Waals surface area contributed by atoms with Crippen molar-refractivity contribution in [1.29, 1.82) is 0 Å². The fourth-order valence-corrected chi connectivity index (χ4v) is 9.40. The Kier molecular flexibility index (Phi) is 6.61. The quantitative estimate of drug-likeness (QED) is 0.480. The van der Waals surface area contributed by atoms with Crippen molar-refractivity contribution in [3.8, 4) is 0 Å². The van der Waals surface area contributed by atoms with E-state index in [1.807, 2.05) is 51.1 Å². The lowest BCUT2D eigenvalue weighted by molar-refractivity contribution is -0.143. The van der Waals surface area contributed by atoms with E-state index >= 15 is 0 Å². The average molecular weight is 539 g/mol. The van der Waals surface area contributed by atoms with Crippen LogP contribution in [0.25, 0.3) is 0 Å². The molecule has 4 rings (SSSR count). The summed E-state index contributed by atoms with van der Waals surface area (Å²) in [5, 5.41) is 16.1. The van der Waals surface area contributed by atoms with Gasteiger partial charge >= 0.3 is 0 Å². The van der Waals surface area contributed by atoms with Crippen molar-refractivity contribution >= 4 is 45.4 Å². The highest BCUT2D eigenvalue weighted by Crippen LogP contribution is 2.68. The first-order valence-corrected chi connectivity index (χ1v) is 13.2. The number of benzene rings is 1. The second-order valence-corrected chi connectivity index (χ2v) is 13.0. The third-order valence-electron chi connectivity index (χ3n) is 6.94. The van der Waals surface area contributed by atoms with E-state index in [0.29, 0.717) is 12.8 Å². The molecule has 3 fully saturated rings. The summed E-state index contributed by atoms with van der Waals surface area (Å²) in [4.78, 5) is 42.3. The Balaban J connectivity index is 1.78. The molecule has 3 amide bonds. The molecule has 3 aliphatic rings. The van der Waals surface area contributed by atoms with E-state index in [4.69, 9.17) is 0 Å². The molecule has 2 bridgehead atoms. The Bertz CT molecular complexity index is 939. The molecule has 0 aliphatic carbocycles. The molecular weight excluding hydrogens is 506 g/mol. The van der Waals surface area contributed by atoms with Crippen molar-refractivity contribution in [2.45, 2.75) is 66.1 Å². The molecule has 1 aromatic rings. The SMILES string of the molecule is CNC(=O)[C@H]1[C@@H]2SC3(CC2Br)C(C(=O)NC(C)(C)C)N([C@@H](CO)Cc2ccccc2)C(=O)[C@H]13. The van der Waals surface area contributed by atoms with Crippen LogP contribution in [0.1, 0.15) is 32.8 Å². The number of hydrogen-bond acceptors (Lipinski definition) is 5. The summed E-state index contributed by atoms with van der Waals surface area (Å²) in [6, 6.07) is 8.33. The van der Waals surface area contributed by atoms with E-state index in [1.165, 1.54) is 0 Å². The Hall–Kier alpha value is -1.58. The Morgan fingerprint density at radius 1 is 1.27 bits per heavy atom. The van der Waals surface area contributed by atoms with Crippen LogP contribution in [0.15, 0.2) is 30.3 Å². The minimum atomic E-state index is -0.764. The van der Waals surface area contributed by atoms with E-state index in [1.54, 1.807) is 23.7 Å². The first-order chi connectivity index (χ1) is 15.5. The van der Waals surface area contributed by atoms with E-state index in [2.05, 4.69) is 26.6 Å². The normalized spacial score (nSPS) is 33.7. The summed E-state index contributed by atoms with van der Waals surface area (Å²) in [6.07, 6.45) is 1.05. The summed E-state index contributed by atoms with van der Waals surface area (Å²) >= 11 is 5.34. The van der Waals surface area contributed by atoms with Crippen molar-refractivity contribution in [1.82, 2.24) is 15.5 Å². The highest BCUT2D eigenvalue weighted by Gasteiger charge is 2.76. The first kappa shape index (κ1) is 24.5. The van der Waals surface area contributed by atoms with Crippen LogP contribution in [0.4, 0.5) is 0 Å². The van der Waals surface area contributed by atoms with Crippen molar-refractivity contribution in [2.24, 2.45) is 11.8 Å². The zero-order valence-electron chi connectivity index (χ0n) is 19.4. The number of amides is 3. The third kappa shape index (κ3) is 4.10. The zero-order valence-corrected chi connectivity index (χ0v) is 21.8. The van der Waals surface area contributed by atoms with Gasteiger partial charge in [0.2, 0.25) is 17.7 Å². The molecule has 3 unspecified atom stereocenters. The molecule has 3 saturated heterocycles. The Morgan fingerprint density at radius 2 is 1.94 bits per heavy atom. The number of likely N-dealkylation sites (tertiary alicyclic amines) is 1. The number of carbonyl (C=O) groups excluding carboxylic acids is 3. The molecule has 180 valence electrons. The maximum atomic E-state index is 14.0. The molecule has 3 heterocycles. The fraction of sp³-hybridized carbons (Fsp3) is 0.625. The van der Waals surface area contributed by atoms with Gasteiger partial charge in [0.1, 0.15) is 6.04 Å². The minimum absolute atomic E-state index is 0.0282. The van der Waals surface area contributed by atoms with Gasteiger partial charge in [0.15, 0.2) is 0 Å². The second kappa shape index (κ2) is 8.89. The van der Waals surface area contributed by atoms with Crippen LogP contribution in [0, 0.1) is 11.8 Å². The predicted octanol–water partition coefficient (Wildman–Crippen LogP) is 1.72. The highest BCUT2D eigenvalue weighted by atomic mass is 79.9. The number of nitrogens with zero attached hydrogens (tertiary/aromatic N) is 1. The maximum absolute atomic E-state index is 14.0. The van der Waals surface area contributed by atoms with Gasteiger partial charge in [-0.2, -0.15) is 0 Å². The van der Waals surface area contributed by atoms with Crippen molar-refractivity contribution in [2.75, 3.05) is 13.7 Å². The van der Waals surface area contributed by atoms with E-state index in [0.717, 1.165) is 5.56 Å². The predicted molar refractivity (Wildman–Crippen MR) is 132 cm³/mol. The van der Waals surface area contributed by atoms with Crippen LogP contribution < -0.4 is 10.6 Å². The van der Waals surface area contributed by atoms with E-state index in [-0.39, 0.29) is 34.4 Å². The second-order valence-electron chi connectivity index (χ2n) is 10.3. The summed E-state index contributed by atoms with van der Waals surface area (Å²) in [5.74, 6) is -1.71. The summed E-state index contributed by atoms with van der Waals surface area (Å²) in [6.45, 7) is 5.47. The number of aliphatic hydroxyl groups excluding tert-OH is 1. The largest absolute Gasteiger partial charge is 0.394 e. The molecular formula is C24H32BrN3O4S. The lowest BCUT2D eigenvalue weighted by atomic mass is 9.70. The van der Waals surface area contributed by atoms with Crippen molar-refractivity contribution in [3.63, 3.8) is 0 Å². The monoisotopic (exact) mass is 537 g/mol. The molecule has 0 radical (unpaired) electrons. The topological polar surface area (TPSA) is 98.7 Å². The lowest BCUT2D eigenvalue weighted by Crippen LogP contribution is -2.59. The molecule has 3 aliphatic heterocycles. The van der Waals surface area contributed by atoms with Crippen LogP contribution in [-0.2, 0) is 20.8 Å². The average Bonchev–Trinajstić information content (AvgIpc) is 3.34. The van der Waals surface area contributed by atoms with Crippen LogP contribution in [0.5, 0.6) is 0 Å². The number of aliphatic hydroxyl groups is 1. The van der Waals surface area contributed by atoms with Gasteiger partial charge in [0.05, 0.1) is 29.2 Å². The van der Waals surface area contributed by atoms with E-state index in [9.17, 15) is 19.5 Å². The van der Waals surface area contributed by atoms with Gasteiger partial charge in [-0.1, -0.05) is 46.3 Å². The van der Waals surface area contributed by atoms with Gasteiger partial charge in [-0.25, -0.2) is 0 Å². The first-order valence-electron chi connectivity index (χ1n) is 11.4. The number of alkyl halides is 1. The van der Waals surface area contributed by atoms with Gasteiger partial charge in [-0.3, -0.25) is 14.4 Å². The molecule has 0 saturated carbocycles. The van der Waals surface area contributed by atoms with Crippen LogP contribution in [0.3, 0.4) is 0 Å². The Morgan fingerprint density at radius 3 is 2.52 bits per heavy atom. The fourth-order valence-electron chi connectivity index (χ4n) is 5.80. The minimum Gasteiger partial charge on any atom is -0.394 e. The molecule has 3 N–H and O–H groups in total. The zero-order chi connectivity index (χ0) is 24.1. The van der Waals surface area contributed by atoms with E-state index < -0.39 is 34.2 Å². The lowest BCUT2D eigenvalue weighted by Gasteiger charge is -2.39. The molecule has 0 aromatic heterocycles. The molecule has 7 nitrogen and oxygen atoms in total. The molecule has 33 heavy (non-hydrogen) atoms.